The average molecular weight is 662 g/mol. The molecule has 246 valence electrons. The number of benzene rings is 3. The number of hydrogen-bond acceptors (Lipinski definition) is 7. The molecule has 10 heteroatoms. The van der Waals surface area contributed by atoms with Gasteiger partial charge in [-0.2, -0.15) is 0 Å². The SMILES string of the molecule is CN1CCC(N)CC1.COc1cc(C(F)(F)CC=O)ccc1-c1ccc(Cl)cc1.NSc1ccc(OCC2CCCCC2)cc1. The van der Waals surface area contributed by atoms with Crippen LogP contribution in [-0.4, -0.2) is 51.1 Å². The fourth-order valence-corrected chi connectivity index (χ4v) is 5.64. The zero-order valence-electron chi connectivity index (χ0n) is 26.2. The molecule has 1 aliphatic carbocycles. The van der Waals surface area contributed by atoms with Crippen LogP contribution in [0.15, 0.2) is 71.6 Å². The van der Waals surface area contributed by atoms with E-state index in [1.807, 2.05) is 24.3 Å². The Balaban J connectivity index is 0.000000202. The lowest BCUT2D eigenvalue weighted by atomic mass is 9.90. The van der Waals surface area contributed by atoms with Crippen LogP contribution in [0.3, 0.4) is 0 Å². The van der Waals surface area contributed by atoms with E-state index in [0.717, 1.165) is 28.7 Å². The van der Waals surface area contributed by atoms with Gasteiger partial charge in [0.15, 0.2) is 0 Å². The van der Waals surface area contributed by atoms with Crippen molar-refractivity contribution in [3.8, 4) is 22.6 Å². The Kier molecular flexibility index (Phi) is 15.6. The molecule has 45 heavy (non-hydrogen) atoms. The van der Waals surface area contributed by atoms with Crippen LogP contribution in [0.5, 0.6) is 11.5 Å². The molecule has 1 saturated carbocycles. The monoisotopic (exact) mass is 661 g/mol. The first-order valence-corrected chi connectivity index (χ1v) is 16.7. The molecule has 3 aromatic rings. The van der Waals surface area contributed by atoms with E-state index >= 15 is 0 Å². The number of halogens is 3. The van der Waals surface area contributed by atoms with Gasteiger partial charge in [-0.1, -0.05) is 55.1 Å². The molecule has 5 rings (SSSR count). The summed E-state index contributed by atoms with van der Waals surface area (Å²) in [5.74, 6) is -1.16. The standard InChI is InChI=1S/C16H13ClF2O2.C13H19NOS.C6H14N2/c1-21-15-10-12(16(18,19)8-9-20)4-7-14(15)11-2-5-13(17)6-3-11;14-16-13-8-6-12(7-9-13)15-10-11-4-2-1-3-5-11;1-8-4-2-6(7)3-5-8/h2-7,9-10H,8H2,1H3;6-9,11H,1-5,10,14H2;6H,2-5,7H2,1H3. The number of rotatable bonds is 9. The van der Waals surface area contributed by atoms with Crippen LogP contribution in [-0.2, 0) is 10.7 Å². The van der Waals surface area contributed by atoms with Crippen LogP contribution in [0.25, 0.3) is 11.1 Å². The Morgan fingerprint density at radius 3 is 2.18 bits per heavy atom. The molecular weight excluding hydrogens is 616 g/mol. The zero-order chi connectivity index (χ0) is 32.7. The fraction of sp³-hybridized carbons (Fsp3) is 0.457. The highest BCUT2D eigenvalue weighted by molar-refractivity contribution is 7.97. The van der Waals surface area contributed by atoms with E-state index in [0.29, 0.717) is 22.4 Å². The Bertz CT molecular complexity index is 1270. The minimum atomic E-state index is -3.20. The van der Waals surface area contributed by atoms with Gasteiger partial charge in [0.05, 0.1) is 20.1 Å². The van der Waals surface area contributed by atoms with Crippen LogP contribution >= 0.6 is 23.5 Å². The second-order valence-electron chi connectivity index (χ2n) is 11.5. The van der Waals surface area contributed by atoms with Gasteiger partial charge in [0, 0.05) is 27.1 Å². The summed E-state index contributed by atoms with van der Waals surface area (Å²) in [5.41, 5.74) is 6.91. The molecule has 0 aromatic heterocycles. The van der Waals surface area contributed by atoms with Crippen LogP contribution < -0.4 is 20.3 Å². The number of carbonyl (C=O) groups excluding carboxylic acids is 1. The van der Waals surface area contributed by atoms with E-state index in [4.69, 9.17) is 31.9 Å². The van der Waals surface area contributed by atoms with Crippen molar-refractivity contribution >= 4 is 29.8 Å². The molecule has 0 unspecified atom stereocenters. The molecule has 0 spiro atoms. The van der Waals surface area contributed by atoms with Gasteiger partial charge in [-0.3, -0.25) is 5.14 Å². The van der Waals surface area contributed by atoms with Crippen LogP contribution in [0.4, 0.5) is 8.78 Å². The number of ether oxygens (including phenoxy) is 2. The first kappa shape index (κ1) is 36.8. The van der Waals surface area contributed by atoms with Crippen molar-refractivity contribution in [2.45, 2.75) is 68.2 Å². The maximum Gasteiger partial charge on any atom is 0.279 e. The van der Waals surface area contributed by atoms with Crippen LogP contribution in [0, 0.1) is 5.92 Å². The Morgan fingerprint density at radius 1 is 0.978 bits per heavy atom. The first-order chi connectivity index (χ1) is 21.6. The summed E-state index contributed by atoms with van der Waals surface area (Å²) < 4.78 is 38.5. The highest BCUT2D eigenvalue weighted by Gasteiger charge is 2.31. The minimum absolute atomic E-state index is 0.208. The number of carbonyl (C=O) groups is 1. The molecule has 4 N–H and O–H groups in total. The van der Waals surface area contributed by atoms with Crippen LogP contribution in [0.2, 0.25) is 5.02 Å². The summed E-state index contributed by atoms with van der Waals surface area (Å²) >= 11 is 7.10. The minimum Gasteiger partial charge on any atom is -0.496 e. The lowest BCUT2D eigenvalue weighted by Gasteiger charge is -2.25. The van der Waals surface area contributed by atoms with E-state index in [1.165, 1.54) is 89.2 Å². The average Bonchev–Trinajstić information content (AvgIpc) is 3.06. The van der Waals surface area contributed by atoms with Crippen molar-refractivity contribution < 1.29 is 23.0 Å². The normalized spacial score (nSPS) is 16.1. The summed E-state index contributed by atoms with van der Waals surface area (Å²) in [6.07, 6.45) is 8.52. The zero-order valence-corrected chi connectivity index (χ0v) is 27.8. The quantitative estimate of drug-likeness (QED) is 0.176. The van der Waals surface area contributed by atoms with Crippen molar-refractivity contribution in [3.63, 3.8) is 0 Å². The van der Waals surface area contributed by atoms with Crippen molar-refractivity contribution in [2.24, 2.45) is 16.8 Å². The van der Waals surface area contributed by atoms with Crippen molar-refractivity contribution in [3.05, 3.63) is 77.3 Å². The highest BCUT2D eigenvalue weighted by atomic mass is 35.5. The topological polar surface area (TPSA) is 90.8 Å². The van der Waals surface area contributed by atoms with E-state index in [-0.39, 0.29) is 11.8 Å². The third-order valence-corrected chi connectivity index (χ3v) is 8.85. The fourth-order valence-electron chi connectivity index (χ4n) is 5.22. The van der Waals surface area contributed by atoms with Gasteiger partial charge in [-0.25, -0.2) is 8.78 Å². The molecule has 0 amide bonds. The number of piperidine rings is 1. The molecule has 0 atom stereocenters. The molecule has 2 aliphatic rings. The number of nitrogens with two attached hydrogens (primary N) is 2. The van der Waals surface area contributed by atoms with Crippen LogP contribution in [0.1, 0.15) is 56.9 Å². The molecule has 1 aliphatic heterocycles. The van der Waals surface area contributed by atoms with Gasteiger partial charge in [-0.15, -0.1) is 0 Å². The van der Waals surface area contributed by atoms with E-state index in [2.05, 4.69) is 11.9 Å². The summed E-state index contributed by atoms with van der Waals surface area (Å²) in [5, 5.41) is 6.06. The van der Waals surface area contributed by atoms with E-state index in [1.54, 1.807) is 30.3 Å². The van der Waals surface area contributed by atoms with Gasteiger partial charge >= 0.3 is 0 Å². The third-order valence-electron chi connectivity index (χ3n) is 8.05. The van der Waals surface area contributed by atoms with E-state index < -0.39 is 12.3 Å². The molecule has 6 nitrogen and oxygen atoms in total. The third kappa shape index (κ3) is 12.6. The molecule has 0 radical (unpaired) electrons. The predicted molar refractivity (Wildman–Crippen MR) is 181 cm³/mol. The van der Waals surface area contributed by atoms with Gasteiger partial charge < -0.3 is 24.9 Å². The summed E-state index contributed by atoms with van der Waals surface area (Å²) in [6, 6.07) is 19.6. The Morgan fingerprint density at radius 2 is 1.62 bits per heavy atom. The highest BCUT2D eigenvalue weighted by Crippen LogP contribution is 2.38. The predicted octanol–water partition coefficient (Wildman–Crippen LogP) is 8.35. The van der Waals surface area contributed by atoms with Crippen molar-refractivity contribution in [2.75, 3.05) is 33.9 Å². The summed E-state index contributed by atoms with van der Waals surface area (Å²) in [4.78, 5) is 13.7. The molecule has 0 bridgehead atoms. The number of nitrogens with zero attached hydrogens (tertiary/aromatic N) is 1. The molecular formula is C35H46ClF2N3O3S. The maximum absolute atomic E-state index is 13.8. The number of likely N-dealkylation sites (tertiary alicyclic amines) is 1. The second-order valence-corrected chi connectivity index (χ2v) is 12.7. The second kappa shape index (κ2) is 19.1. The largest absolute Gasteiger partial charge is 0.496 e. The number of hydrogen-bond donors (Lipinski definition) is 2. The molecule has 3 aromatic carbocycles. The Labute approximate surface area is 275 Å². The van der Waals surface area contributed by atoms with E-state index in [9.17, 15) is 13.6 Å². The number of aldehydes is 1. The van der Waals surface area contributed by atoms with Gasteiger partial charge in [0.1, 0.15) is 17.8 Å². The summed E-state index contributed by atoms with van der Waals surface area (Å²) in [7, 11) is 3.56. The lowest BCUT2D eigenvalue weighted by Crippen LogP contribution is -2.37. The van der Waals surface area contributed by atoms with Gasteiger partial charge in [0.25, 0.3) is 5.92 Å². The molecule has 1 saturated heterocycles. The summed E-state index contributed by atoms with van der Waals surface area (Å²) in [6.45, 7) is 3.23. The smallest absolute Gasteiger partial charge is 0.279 e. The Hall–Kier alpha value is -2.69. The van der Waals surface area contributed by atoms with Crippen molar-refractivity contribution in [1.29, 1.82) is 0 Å². The lowest BCUT2D eigenvalue weighted by molar-refractivity contribution is -0.115. The number of methoxy groups -OCH3 is 1. The van der Waals surface area contributed by atoms with Crippen molar-refractivity contribution in [1.82, 2.24) is 4.90 Å². The molecule has 1 heterocycles. The first-order valence-electron chi connectivity index (χ1n) is 15.4. The number of alkyl halides is 2. The van der Waals surface area contributed by atoms with Gasteiger partial charge in [0.2, 0.25) is 0 Å². The van der Waals surface area contributed by atoms with Gasteiger partial charge in [-0.05, 0) is 112 Å². The maximum atomic E-state index is 13.8. The molecule has 2 fully saturated rings.